The molecule has 0 amide bonds. The summed E-state index contributed by atoms with van der Waals surface area (Å²) in [5, 5.41) is 16.6. The van der Waals surface area contributed by atoms with E-state index in [2.05, 4.69) is 15.4 Å². The van der Waals surface area contributed by atoms with Crippen LogP contribution in [-0.4, -0.2) is 46.1 Å². The first-order valence-corrected chi connectivity index (χ1v) is 5.00. The number of ether oxygens (including phenoxy) is 1. The van der Waals surface area contributed by atoms with Crippen LogP contribution < -0.4 is 5.32 Å². The maximum Gasteiger partial charge on any atom is 0.152 e. The molecule has 1 atom stereocenters. The Morgan fingerprint density at radius 1 is 1.56 bits per heavy atom. The minimum absolute atomic E-state index is 0.301. The van der Waals surface area contributed by atoms with E-state index < -0.39 is 6.10 Å². The van der Waals surface area contributed by atoms with E-state index in [-0.39, 0.29) is 0 Å². The van der Waals surface area contributed by atoms with Crippen LogP contribution in [0.2, 0.25) is 0 Å². The second-order valence-electron chi connectivity index (χ2n) is 3.43. The molecule has 6 nitrogen and oxygen atoms in total. The summed E-state index contributed by atoms with van der Waals surface area (Å²) in [7, 11) is 1.55. The minimum atomic E-state index is -0.546. The molecule has 0 fully saturated rings. The first-order chi connectivity index (χ1) is 7.81. The first kappa shape index (κ1) is 10.8. The molecule has 0 aromatic carbocycles. The molecule has 6 heteroatoms. The van der Waals surface area contributed by atoms with Crippen LogP contribution in [0.4, 0.5) is 5.82 Å². The average Bonchev–Trinajstić information content (AvgIpc) is 2.75. The number of nitrogens with one attached hydrogen (secondary N) is 1. The third-order valence-electron chi connectivity index (χ3n) is 2.19. The topological polar surface area (TPSA) is 71.7 Å². The number of aliphatic hydroxyl groups excluding tert-OH is 1. The Morgan fingerprint density at radius 2 is 2.44 bits per heavy atom. The van der Waals surface area contributed by atoms with Gasteiger partial charge < -0.3 is 15.2 Å². The minimum Gasteiger partial charge on any atom is -0.389 e. The Morgan fingerprint density at radius 3 is 3.25 bits per heavy atom. The number of fused-ring (bicyclic) bond motifs is 1. The molecular formula is C10H14N4O2. The number of hydrogen-bond acceptors (Lipinski definition) is 5. The van der Waals surface area contributed by atoms with E-state index in [4.69, 9.17) is 4.74 Å². The van der Waals surface area contributed by atoms with E-state index in [9.17, 15) is 5.11 Å². The Hall–Kier alpha value is -1.66. The smallest absolute Gasteiger partial charge is 0.152 e. The van der Waals surface area contributed by atoms with Crippen LogP contribution in [0.25, 0.3) is 5.52 Å². The maximum absolute atomic E-state index is 9.50. The molecule has 2 N–H and O–H groups in total. The summed E-state index contributed by atoms with van der Waals surface area (Å²) in [6, 6.07) is 1.86. The van der Waals surface area contributed by atoms with Crippen molar-refractivity contribution in [1.29, 1.82) is 0 Å². The average molecular weight is 222 g/mol. The number of aliphatic hydroxyl groups is 1. The summed E-state index contributed by atoms with van der Waals surface area (Å²) in [6.45, 7) is 0.696. The van der Waals surface area contributed by atoms with Crippen LogP contribution in [0.3, 0.4) is 0 Å². The lowest BCUT2D eigenvalue weighted by Crippen LogP contribution is -2.24. The van der Waals surface area contributed by atoms with Gasteiger partial charge in [0.05, 0.1) is 18.9 Å². The number of anilines is 1. The Bertz CT molecular complexity index is 457. The van der Waals surface area contributed by atoms with Crippen LogP contribution >= 0.6 is 0 Å². The quantitative estimate of drug-likeness (QED) is 0.753. The molecule has 0 saturated heterocycles. The lowest BCUT2D eigenvalue weighted by molar-refractivity contribution is 0.0727. The van der Waals surface area contributed by atoms with Crippen molar-refractivity contribution in [3.8, 4) is 0 Å². The molecular weight excluding hydrogens is 208 g/mol. The predicted molar refractivity (Wildman–Crippen MR) is 59.4 cm³/mol. The molecule has 0 aliphatic heterocycles. The van der Waals surface area contributed by atoms with Gasteiger partial charge in [0.15, 0.2) is 5.82 Å². The maximum atomic E-state index is 9.50. The normalized spacial score (nSPS) is 12.9. The van der Waals surface area contributed by atoms with E-state index in [0.29, 0.717) is 19.0 Å². The van der Waals surface area contributed by atoms with E-state index in [0.717, 1.165) is 5.52 Å². The lowest BCUT2D eigenvalue weighted by atomic mass is 10.3. The second-order valence-corrected chi connectivity index (χ2v) is 3.43. The number of aromatic nitrogens is 3. The monoisotopic (exact) mass is 222 g/mol. The highest BCUT2D eigenvalue weighted by atomic mass is 16.5. The van der Waals surface area contributed by atoms with E-state index >= 15 is 0 Å². The molecule has 0 bridgehead atoms. The standard InChI is InChI=1S/C10H14N4O2/c1-16-7-8(15)6-12-10-9-2-3-13-14(9)5-4-11-10/h2-5,8,15H,6-7H2,1H3,(H,11,12). The van der Waals surface area contributed by atoms with Crippen molar-refractivity contribution in [3.05, 3.63) is 24.7 Å². The van der Waals surface area contributed by atoms with Gasteiger partial charge in [0.1, 0.15) is 5.52 Å². The second kappa shape index (κ2) is 4.91. The van der Waals surface area contributed by atoms with Crippen molar-refractivity contribution in [2.24, 2.45) is 0 Å². The molecule has 0 aliphatic carbocycles. The highest BCUT2D eigenvalue weighted by Gasteiger charge is 2.06. The van der Waals surface area contributed by atoms with Crippen LogP contribution in [0.1, 0.15) is 0 Å². The number of nitrogens with zero attached hydrogens (tertiary/aromatic N) is 3. The van der Waals surface area contributed by atoms with Gasteiger partial charge in [-0.2, -0.15) is 5.10 Å². The van der Waals surface area contributed by atoms with Crippen molar-refractivity contribution in [2.75, 3.05) is 25.6 Å². The largest absolute Gasteiger partial charge is 0.389 e. The summed E-state index contributed by atoms with van der Waals surface area (Å²) in [6.07, 6.45) is 4.58. The number of hydrogen-bond donors (Lipinski definition) is 2. The van der Waals surface area contributed by atoms with Gasteiger partial charge in [-0.3, -0.25) is 0 Å². The van der Waals surface area contributed by atoms with Crippen LogP contribution in [0.5, 0.6) is 0 Å². The third-order valence-corrected chi connectivity index (χ3v) is 2.19. The zero-order valence-electron chi connectivity index (χ0n) is 9.00. The summed E-state index contributed by atoms with van der Waals surface area (Å²) in [5.41, 5.74) is 0.882. The fourth-order valence-electron chi connectivity index (χ4n) is 1.46. The van der Waals surface area contributed by atoms with Crippen molar-refractivity contribution in [3.63, 3.8) is 0 Å². The van der Waals surface area contributed by atoms with E-state index in [1.54, 1.807) is 30.2 Å². The molecule has 2 heterocycles. The Kier molecular flexibility index (Phi) is 3.33. The summed E-state index contributed by atoms with van der Waals surface area (Å²) in [4.78, 5) is 4.19. The fraction of sp³-hybridized carbons (Fsp3) is 0.400. The van der Waals surface area contributed by atoms with E-state index in [1.807, 2.05) is 6.07 Å². The molecule has 2 aromatic rings. The highest BCUT2D eigenvalue weighted by molar-refractivity contribution is 5.66. The predicted octanol–water partition coefficient (Wildman–Crippen LogP) is 0.148. The zero-order valence-corrected chi connectivity index (χ0v) is 9.00. The molecule has 0 saturated carbocycles. The van der Waals surface area contributed by atoms with Crippen molar-refractivity contribution >= 4 is 11.3 Å². The molecule has 1 unspecified atom stereocenters. The van der Waals surface area contributed by atoms with Crippen LogP contribution in [-0.2, 0) is 4.74 Å². The molecule has 86 valence electrons. The first-order valence-electron chi connectivity index (χ1n) is 5.00. The van der Waals surface area contributed by atoms with Crippen LogP contribution in [0, 0.1) is 0 Å². The molecule has 0 radical (unpaired) electrons. The SMILES string of the molecule is COCC(O)CNc1nccn2nccc12. The Balaban J connectivity index is 2.06. The third kappa shape index (κ3) is 2.29. The summed E-state index contributed by atoms with van der Waals surface area (Å²) in [5.74, 6) is 0.704. The van der Waals surface area contributed by atoms with Gasteiger partial charge in [-0.25, -0.2) is 9.50 Å². The molecule has 2 aromatic heterocycles. The van der Waals surface area contributed by atoms with Gasteiger partial charge in [0.2, 0.25) is 0 Å². The van der Waals surface area contributed by atoms with Gasteiger partial charge >= 0.3 is 0 Å². The number of rotatable bonds is 5. The van der Waals surface area contributed by atoms with Crippen molar-refractivity contribution in [2.45, 2.75) is 6.10 Å². The van der Waals surface area contributed by atoms with Crippen LogP contribution in [0.15, 0.2) is 24.7 Å². The van der Waals surface area contributed by atoms with Gasteiger partial charge in [0, 0.05) is 26.0 Å². The fourth-order valence-corrected chi connectivity index (χ4v) is 1.46. The zero-order chi connectivity index (χ0) is 11.4. The number of methoxy groups -OCH3 is 1. The van der Waals surface area contributed by atoms with Gasteiger partial charge in [-0.05, 0) is 6.07 Å². The molecule has 2 rings (SSSR count). The van der Waals surface area contributed by atoms with Crippen molar-refractivity contribution < 1.29 is 9.84 Å². The lowest BCUT2D eigenvalue weighted by Gasteiger charge is -2.11. The van der Waals surface area contributed by atoms with E-state index in [1.165, 1.54) is 0 Å². The summed E-state index contributed by atoms with van der Waals surface area (Å²) >= 11 is 0. The Labute approximate surface area is 92.9 Å². The van der Waals surface area contributed by atoms with Gasteiger partial charge in [-0.1, -0.05) is 0 Å². The van der Waals surface area contributed by atoms with Crippen molar-refractivity contribution in [1.82, 2.24) is 14.6 Å². The van der Waals surface area contributed by atoms with Gasteiger partial charge in [0.25, 0.3) is 0 Å². The van der Waals surface area contributed by atoms with Gasteiger partial charge in [-0.15, -0.1) is 0 Å². The molecule has 0 aliphatic rings. The molecule has 0 spiro atoms. The highest BCUT2D eigenvalue weighted by Crippen LogP contribution is 2.11. The molecule has 16 heavy (non-hydrogen) atoms. The summed E-state index contributed by atoms with van der Waals surface area (Å²) < 4.78 is 6.56.